The second-order valence-corrected chi connectivity index (χ2v) is 6.85. The lowest BCUT2D eigenvalue weighted by atomic mass is 10.1. The molecule has 2 aromatic carbocycles. The zero-order valence-corrected chi connectivity index (χ0v) is 16.7. The smallest absolute Gasteiger partial charge is 0.253 e. The van der Waals surface area contributed by atoms with Gasteiger partial charge in [0.2, 0.25) is 5.91 Å². The predicted octanol–water partition coefficient (Wildman–Crippen LogP) is 2.00. The van der Waals surface area contributed by atoms with E-state index in [4.69, 9.17) is 9.47 Å². The second kappa shape index (κ2) is 10.6. The average Bonchev–Trinajstić information content (AvgIpc) is 2.75. The molecule has 0 unspecified atom stereocenters. The number of benzene rings is 2. The highest BCUT2D eigenvalue weighted by Crippen LogP contribution is 2.21. The third kappa shape index (κ3) is 6.30. The Bertz CT molecular complexity index is 787. The van der Waals surface area contributed by atoms with Crippen LogP contribution in [0.5, 0.6) is 11.5 Å². The van der Waals surface area contributed by atoms with Gasteiger partial charge >= 0.3 is 0 Å². The molecule has 29 heavy (non-hydrogen) atoms. The lowest BCUT2D eigenvalue weighted by Crippen LogP contribution is -2.51. The number of amides is 2. The molecule has 0 aliphatic carbocycles. The number of rotatable bonds is 8. The van der Waals surface area contributed by atoms with Gasteiger partial charge in [0.15, 0.2) is 0 Å². The summed E-state index contributed by atoms with van der Waals surface area (Å²) in [6, 6.07) is 16.7. The average molecular weight is 397 g/mol. The van der Waals surface area contributed by atoms with Crippen molar-refractivity contribution in [3.8, 4) is 11.5 Å². The van der Waals surface area contributed by atoms with E-state index in [1.54, 1.807) is 31.4 Å². The number of nitrogens with one attached hydrogen (secondary N) is 1. The highest BCUT2D eigenvalue weighted by Gasteiger charge is 2.23. The minimum atomic E-state index is -0.0177. The first kappa shape index (κ1) is 20.8. The van der Waals surface area contributed by atoms with Gasteiger partial charge in [0.05, 0.1) is 13.2 Å². The standard InChI is InChI=1S/C22H27N3O4/c1-28-16-11-23-21(26)17-24-12-14-25(15-13-24)22(27)18-7-9-20(10-8-18)29-19-5-3-2-4-6-19/h2-10H,11-17H2,1H3,(H,23,26). The molecule has 1 fully saturated rings. The summed E-state index contributed by atoms with van der Waals surface area (Å²) in [5.74, 6) is 1.43. The third-order valence-electron chi connectivity index (χ3n) is 4.74. The first-order valence-electron chi connectivity index (χ1n) is 9.76. The number of methoxy groups -OCH3 is 1. The van der Waals surface area contributed by atoms with Gasteiger partial charge in [-0.15, -0.1) is 0 Å². The quantitative estimate of drug-likeness (QED) is 0.690. The van der Waals surface area contributed by atoms with Crippen LogP contribution in [0.15, 0.2) is 54.6 Å². The molecule has 1 aliphatic rings. The number of nitrogens with zero attached hydrogens (tertiary/aromatic N) is 2. The lowest BCUT2D eigenvalue weighted by molar-refractivity contribution is -0.122. The molecule has 7 nitrogen and oxygen atoms in total. The molecular formula is C22H27N3O4. The molecule has 0 radical (unpaired) electrons. The molecule has 0 bridgehead atoms. The number of piperazine rings is 1. The van der Waals surface area contributed by atoms with E-state index < -0.39 is 0 Å². The van der Waals surface area contributed by atoms with Crippen LogP contribution >= 0.6 is 0 Å². The van der Waals surface area contributed by atoms with Gasteiger partial charge in [0, 0.05) is 45.4 Å². The maximum absolute atomic E-state index is 12.7. The maximum Gasteiger partial charge on any atom is 0.253 e. The summed E-state index contributed by atoms with van der Waals surface area (Å²) < 4.78 is 10.7. The molecule has 1 aliphatic heterocycles. The van der Waals surface area contributed by atoms with Gasteiger partial charge in [-0.2, -0.15) is 0 Å². The van der Waals surface area contributed by atoms with Crippen molar-refractivity contribution in [3.63, 3.8) is 0 Å². The Labute approximate surface area is 171 Å². The van der Waals surface area contributed by atoms with Crippen LogP contribution in [0.25, 0.3) is 0 Å². The van der Waals surface area contributed by atoms with Crippen LogP contribution in [0.4, 0.5) is 0 Å². The fourth-order valence-corrected chi connectivity index (χ4v) is 3.13. The van der Waals surface area contributed by atoms with Crippen molar-refractivity contribution in [1.82, 2.24) is 15.1 Å². The van der Waals surface area contributed by atoms with Gasteiger partial charge < -0.3 is 19.7 Å². The van der Waals surface area contributed by atoms with Gasteiger partial charge in [-0.1, -0.05) is 18.2 Å². The lowest BCUT2D eigenvalue weighted by Gasteiger charge is -2.34. The summed E-state index contributed by atoms with van der Waals surface area (Å²) in [6.07, 6.45) is 0. The molecule has 0 aromatic heterocycles. The van der Waals surface area contributed by atoms with E-state index in [1.807, 2.05) is 35.2 Å². The van der Waals surface area contributed by atoms with E-state index in [-0.39, 0.29) is 11.8 Å². The Morgan fingerprint density at radius 3 is 2.24 bits per heavy atom. The molecule has 3 rings (SSSR count). The summed E-state index contributed by atoms with van der Waals surface area (Å²) in [5.41, 5.74) is 0.635. The van der Waals surface area contributed by atoms with Crippen LogP contribution in [0.2, 0.25) is 0 Å². The summed E-state index contributed by atoms with van der Waals surface area (Å²) in [5, 5.41) is 2.82. The van der Waals surface area contributed by atoms with Crippen molar-refractivity contribution in [3.05, 3.63) is 60.2 Å². The Morgan fingerprint density at radius 2 is 1.59 bits per heavy atom. The summed E-state index contributed by atoms with van der Waals surface area (Å²) in [4.78, 5) is 28.5. The Hall–Kier alpha value is -2.90. The number of hydrogen-bond donors (Lipinski definition) is 1. The molecule has 0 spiro atoms. The van der Waals surface area contributed by atoms with E-state index in [0.29, 0.717) is 57.2 Å². The zero-order valence-electron chi connectivity index (χ0n) is 16.7. The predicted molar refractivity (Wildman–Crippen MR) is 110 cm³/mol. The van der Waals surface area contributed by atoms with Crippen LogP contribution in [0.3, 0.4) is 0 Å². The van der Waals surface area contributed by atoms with Gasteiger partial charge in [0.25, 0.3) is 5.91 Å². The second-order valence-electron chi connectivity index (χ2n) is 6.85. The molecule has 1 saturated heterocycles. The number of para-hydroxylation sites is 1. The molecule has 7 heteroatoms. The highest BCUT2D eigenvalue weighted by molar-refractivity contribution is 5.94. The molecule has 0 saturated carbocycles. The number of carbonyl (C=O) groups excluding carboxylic acids is 2. The van der Waals surface area contributed by atoms with Crippen LogP contribution in [-0.2, 0) is 9.53 Å². The molecule has 2 aromatic rings. The van der Waals surface area contributed by atoms with E-state index >= 15 is 0 Å². The normalized spacial score (nSPS) is 14.4. The molecule has 1 N–H and O–H groups in total. The van der Waals surface area contributed by atoms with Crippen LogP contribution in [0, 0.1) is 0 Å². The van der Waals surface area contributed by atoms with Crippen LogP contribution in [-0.4, -0.2) is 74.6 Å². The van der Waals surface area contributed by atoms with Gasteiger partial charge in [-0.05, 0) is 36.4 Å². The van der Waals surface area contributed by atoms with Crippen molar-refractivity contribution >= 4 is 11.8 Å². The van der Waals surface area contributed by atoms with Crippen LogP contribution < -0.4 is 10.1 Å². The Kier molecular flexibility index (Phi) is 7.61. The van der Waals surface area contributed by atoms with E-state index in [9.17, 15) is 9.59 Å². The molecule has 1 heterocycles. The van der Waals surface area contributed by atoms with Crippen molar-refractivity contribution < 1.29 is 19.1 Å². The topological polar surface area (TPSA) is 71.1 Å². The van der Waals surface area contributed by atoms with E-state index in [0.717, 1.165) is 5.75 Å². The number of hydrogen-bond acceptors (Lipinski definition) is 5. The minimum Gasteiger partial charge on any atom is -0.457 e. The third-order valence-corrected chi connectivity index (χ3v) is 4.74. The molecule has 154 valence electrons. The maximum atomic E-state index is 12.7. The summed E-state index contributed by atoms with van der Waals surface area (Å²) in [6.45, 7) is 3.93. The minimum absolute atomic E-state index is 0.000423. The fourth-order valence-electron chi connectivity index (χ4n) is 3.13. The first-order chi connectivity index (χ1) is 14.2. The SMILES string of the molecule is COCCNC(=O)CN1CCN(C(=O)c2ccc(Oc3ccccc3)cc2)CC1. The number of ether oxygens (including phenoxy) is 2. The van der Waals surface area contributed by atoms with Crippen LogP contribution in [0.1, 0.15) is 10.4 Å². The monoisotopic (exact) mass is 397 g/mol. The Morgan fingerprint density at radius 1 is 0.931 bits per heavy atom. The summed E-state index contributed by atoms with van der Waals surface area (Å²) >= 11 is 0. The largest absolute Gasteiger partial charge is 0.457 e. The van der Waals surface area contributed by atoms with E-state index in [2.05, 4.69) is 10.2 Å². The Balaban J connectivity index is 1.46. The molecule has 2 amide bonds. The molecule has 0 atom stereocenters. The zero-order chi connectivity index (χ0) is 20.5. The van der Waals surface area contributed by atoms with E-state index in [1.165, 1.54) is 0 Å². The molecular weight excluding hydrogens is 370 g/mol. The van der Waals surface area contributed by atoms with Crippen molar-refractivity contribution in [1.29, 1.82) is 0 Å². The first-order valence-corrected chi connectivity index (χ1v) is 9.76. The fraction of sp³-hybridized carbons (Fsp3) is 0.364. The van der Waals surface area contributed by atoms with Gasteiger partial charge in [-0.3, -0.25) is 14.5 Å². The van der Waals surface area contributed by atoms with Crippen molar-refractivity contribution in [2.24, 2.45) is 0 Å². The van der Waals surface area contributed by atoms with Gasteiger partial charge in [0.1, 0.15) is 11.5 Å². The van der Waals surface area contributed by atoms with Crippen molar-refractivity contribution in [2.45, 2.75) is 0 Å². The van der Waals surface area contributed by atoms with Crippen molar-refractivity contribution in [2.75, 3.05) is 53.0 Å². The number of carbonyl (C=O) groups is 2. The highest BCUT2D eigenvalue weighted by atomic mass is 16.5. The van der Waals surface area contributed by atoms with Gasteiger partial charge in [-0.25, -0.2) is 0 Å². The summed E-state index contributed by atoms with van der Waals surface area (Å²) in [7, 11) is 1.60.